The van der Waals surface area contributed by atoms with E-state index in [-0.39, 0.29) is 0 Å². The van der Waals surface area contributed by atoms with Crippen LogP contribution in [0.1, 0.15) is 90.9 Å². The normalized spacial score (nSPS) is 45.9. The van der Waals surface area contributed by atoms with E-state index in [4.69, 9.17) is 5.11 Å². The van der Waals surface area contributed by atoms with Gasteiger partial charge in [-0.15, -0.1) is 0 Å². The molecule has 4 aliphatic rings. The van der Waals surface area contributed by atoms with Crippen LogP contribution in [-0.4, -0.2) is 11.1 Å². The largest absolute Gasteiger partial charge is 0.481 e. The van der Waals surface area contributed by atoms with Crippen molar-refractivity contribution in [3.63, 3.8) is 0 Å². The lowest BCUT2D eigenvalue weighted by Crippen LogP contribution is -2.52. The van der Waals surface area contributed by atoms with Crippen molar-refractivity contribution in [1.82, 2.24) is 0 Å². The van der Waals surface area contributed by atoms with Crippen molar-refractivity contribution in [2.24, 2.45) is 34.5 Å². The molecule has 4 aliphatic carbocycles. The second-order valence-electron chi connectivity index (χ2n) is 10.1. The Hall–Kier alpha value is -0.790. The topological polar surface area (TPSA) is 37.3 Å². The fraction of sp³-hybridized carbons (Fsp3) is 0.870. The van der Waals surface area contributed by atoms with Gasteiger partial charge in [0, 0.05) is 6.42 Å². The predicted molar refractivity (Wildman–Crippen MR) is 101 cm³/mol. The fourth-order valence-corrected chi connectivity index (χ4v) is 7.77. The minimum atomic E-state index is -0.646. The summed E-state index contributed by atoms with van der Waals surface area (Å²) in [4.78, 5) is 10.9. The second-order valence-corrected chi connectivity index (χ2v) is 10.1. The van der Waals surface area contributed by atoms with Gasteiger partial charge in [0.15, 0.2) is 0 Å². The number of fused-ring (bicyclic) bond motifs is 5. The lowest BCUT2D eigenvalue weighted by Gasteiger charge is -2.60. The molecule has 0 aromatic rings. The number of rotatable bonds is 4. The highest BCUT2D eigenvalue weighted by atomic mass is 16.4. The van der Waals surface area contributed by atoms with E-state index < -0.39 is 5.97 Å². The summed E-state index contributed by atoms with van der Waals surface area (Å²) in [5, 5.41) is 8.96. The zero-order valence-corrected chi connectivity index (χ0v) is 16.2. The lowest BCUT2D eigenvalue weighted by atomic mass is 9.45. The van der Waals surface area contributed by atoms with Crippen LogP contribution in [0.3, 0.4) is 0 Å². The molecule has 0 heterocycles. The average Bonchev–Trinajstić information content (AvgIpc) is 2.91. The van der Waals surface area contributed by atoms with Gasteiger partial charge in [0.05, 0.1) is 0 Å². The van der Waals surface area contributed by atoms with Gasteiger partial charge in [-0.3, -0.25) is 4.79 Å². The van der Waals surface area contributed by atoms with Gasteiger partial charge >= 0.3 is 5.97 Å². The van der Waals surface area contributed by atoms with Crippen LogP contribution in [0.5, 0.6) is 0 Å². The molecule has 0 bridgehead atoms. The van der Waals surface area contributed by atoms with Crippen molar-refractivity contribution >= 4 is 5.97 Å². The zero-order valence-electron chi connectivity index (χ0n) is 16.2. The van der Waals surface area contributed by atoms with Gasteiger partial charge in [-0.1, -0.05) is 38.3 Å². The van der Waals surface area contributed by atoms with Crippen LogP contribution in [0.25, 0.3) is 0 Å². The molecular formula is C23H36O2. The van der Waals surface area contributed by atoms with Gasteiger partial charge in [-0.25, -0.2) is 0 Å². The van der Waals surface area contributed by atoms with E-state index in [2.05, 4.69) is 19.9 Å². The maximum absolute atomic E-state index is 10.9. The van der Waals surface area contributed by atoms with E-state index in [0.717, 1.165) is 36.5 Å². The van der Waals surface area contributed by atoms with Gasteiger partial charge < -0.3 is 5.11 Å². The van der Waals surface area contributed by atoms with E-state index >= 15 is 0 Å². The highest BCUT2D eigenvalue weighted by Gasteiger charge is 2.57. The van der Waals surface area contributed by atoms with Gasteiger partial charge in [0.2, 0.25) is 0 Å². The van der Waals surface area contributed by atoms with Crippen LogP contribution in [0, 0.1) is 34.5 Å². The summed E-state index contributed by atoms with van der Waals surface area (Å²) < 4.78 is 0. The zero-order chi connectivity index (χ0) is 17.7. The maximum atomic E-state index is 10.9. The average molecular weight is 345 g/mol. The molecule has 25 heavy (non-hydrogen) atoms. The molecule has 0 aromatic carbocycles. The third-order valence-electron chi connectivity index (χ3n) is 9.16. The summed E-state index contributed by atoms with van der Waals surface area (Å²) in [7, 11) is 0. The first-order valence-electron chi connectivity index (χ1n) is 10.9. The monoisotopic (exact) mass is 344 g/mol. The number of carboxylic acids is 1. The molecule has 1 N–H and O–H groups in total. The SMILES string of the molecule is CC12CCC3C(CCC4CCCCC43C)C1CC=C2CCCC(=O)O. The standard InChI is InChI=1S/C23H36O2/c1-22-14-4-3-6-16(22)9-11-18-19-12-10-17(7-5-8-21(24)25)23(19,2)15-13-20(18)22/h10,16,18-20H,3-9,11-15H2,1-2H3,(H,24,25). The Morgan fingerprint density at radius 3 is 2.76 bits per heavy atom. The summed E-state index contributed by atoms with van der Waals surface area (Å²) in [5.74, 6) is 3.07. The number of carbonyl (C=O) groups is 1. The fourth-order valence-electron chi connectivity index (χ4n) is 7.77. The van der Waals surface area contributed by atoms with Crippen molar-refractivity contribution < 1.29 is 9.90 Å². The molecule has 140 valence electrons. The van der Waals surface area contributed by atoms with Gasteiger partial charge in [0.25, 0.3) is 0 Å². The molecule has 2 heteroatoms. The molecular weight excluding hydrogens is 308 g/mol. The van der Waals surface area contributed by atoms with Crippen LogP contribution in [0.2, 0.25) is 0 Å². The quantitative estimate of drug-likeness (QED) is 0.615. The number of aliphatic carboxylic acids is 1. The van der Waals surface area contributed by atoms with Gasteiger partial charge in [-0.05, 0) is 92.3 Å². The van der Waals surface area contributed by atoms with Crippen molar-refractivity contribution in [2.75, 3.05) is 0 Å². The lowest BCUT2D eigenvalue weighted by molar-refractivity contribution is -0.137. The Kier molecular flexibility index (Phi) is 4.53. The Morgan fingerprint density at radius 2 is 1.96 bits per heavy atom. The summed E-state index contributed by atoms with van der Waals surface area (Å²) in [6.45, 7) is 5.16. The first-order valence-corrected chi connectivity index (χ1v) is 10.9. The van der Waals surface area contributed by atoms with Crippen molar-refractivity contribution in [3.8, 4) is 0 Å². The van der Waals surface area contributed by atoms with Gasteiger partial charge in [0.1, 0.15) is 0 Å². The molecule has 6 unspecified atom stereocenters. The van der Waals surface area contributed by atoms with Crippen LogP contribution < -0.4 is 0 Å². The van der Waals surface area contributed by atoms with Crippen molar-refractivity contribution in [3.05, 3.63) is 11.6 Å². The summed E-state index contributed by atoms with van der Waals surface area (Å²) in [6.07, 6.45) is 17.5. The van der Waals surface area contributed by atoms with Gasteiger partial charge in [-0.2, -0.15) is 0 Å². The first kappa shape index (κ1) is 17.6. The van der Waals surface area contributed by atoms with E-state index in [1.54, 1.807) is 5.57 Å². The predicted octanol–water partition coefficient (Wildman–Crippen LogP) is 6.21. The first-order chi connectivity index (χ1) is 11.9. The third-order valence-corrected chi connectivity index (χ3v) is 9.16. The molecule has 6 atom stereocenters. The number of allylic oxidation sites excluding steroid dienone is 2. The molecule has 2 nitrogen and oxygen atoms in total. The molecule has 0 amide bonds. The minimum Gasteiger partial charge on any atom is -0.481 e. The molecule has 3 fully saturated rings. The number of hydrogen-bond donors (Lipinski definition) is 1. The number of carboxylic acid groups (broad SMARTS) is 1. The minimum absolute atomic E-state index is 0.323. The van der Waals surface area contributed by atoms with Crippen molar-refractivity contribution in [2.45, 2.75) is 90.9 Å². The van der Waals surface area contributed by atoms with Crippen LogP contribution in [0.4, 0.5) is 0 Å². The van der Waals surface area contributed by atoms with E-state index in [1.165, 1.54) is 57.8 Å². The number of hydrogen-bond acceptors (Lipinski definition) is 1. The highest BCUT2D eigenvalue weighted by molar-refractivity contribution is 5.66. The Morgan fingerprint density at radius 1 is 1.12 bits per heavy atom. The summed E-state index contributed by atoms with van der Waals surface area (Å²) >= 11 is 0. The van der Waals surface area contributed by atoms with Crippen LogP contribution >= 0.6 is 0 Å². The molecule has 3 saturated carbocycles. The Labute approximate surface area is 153 Å². The van der Waals surface area contributed by atoms with Crippen LogP contribution in [0.15, 0.2) is 11.6 Å². The molecule has 4 rings (SSSR count). The summed E-state index contributed by atoms with van der Waals surface area (Å²) in [5.41, 5.74) is 2.60. The highest BCUT2D eigenvalue weighted by Crippen LogP contribution is 2.66. The molecule has 0 spiro atoms. The second kappa shape index (κ2) is 6.43. The smallest absolute Gasteiger partial charge is 0.303 e. The molecule has 0 aromatic heterocycles. The van der Waals surface area contributed by atoms with E-state index in [9.17, 15) is 4.79 Å². The van der Waals surface area contributed by atoms with E-state index in [0.29, 0.717) is 17.3 Å². The van der Waals surface area contributed by atoms with E-state index in [1.807, 2.05) is 0 Å². The third kappa shape index (κ3) is 2.79. The molecule has 0 saturated heterocycles. The maximum Gasteiger partial charge on any atom is 0.303 e. The molecule has 0 aliphatic heterocycles. The Bertz CT molecular complexity index is 564. The molecule has 0 radical (unpaired) electrons. The van der Waals surface area contributed by atoms with Crippen molar-refractivity contribution in [1.29, 1.82) is 0 Å². The Balaban J connectivity index is 1.49. The van der Waals surface area contributed by atoms with Crippen LogP contribution in [-0.2, 0) is 4.79 Å². The summed E-state index contributed by atoms with van der Waals surface area (Å²) in [6, 6.07) is 0.